The predicted octanol–water partition coefficient (Wildman–Crippen LogP) is 1.92. The average molecular weight is 495 g/mol. The molecular weight excluding hydrogens is 470 g/mol. The normalized spacial score (nSPS) is 29.1. The van der Waals surface area contributed by atoms with Crippen molar-refractivity contribution in [3.63, 3.8) is 0 Å². The van der Waals surface area contributed by atoms with Crippen LogP contribution in [0, 0.1) is 23.2 Å². The number of benzene rings is 1. The molecule has 5 rings (SSSR count). The van der Waals surface area contributed by atoms with Gasteiger partial charge in [-0.05, 0) is 43.4 Å². The highest BCUT2D eigenvalue weighted by molar-refractivity contribution is 6.30. The number of halogens is 3. The van der Waals surface area contributed by atoms with Crippen LogP contribution in [-0.2, 0) is 14.4 Å². The summed E-state index contributed by atoms with van der Waals surface area (Å²) in [4.78, 5) is 39.4. The highest BCUT2D eigenvalue weighted by atomic mass is 35.5. The van der Waals surface area contributed by atoms with Gasteiger partial charge >= 0.3 is 0 Å². The van der Waals surface area contributed by atoms with Crippen LogP contribution in [0.4, 0.5) is 8.78 Å². The van der Waals surface area contributed by atoms with Crippen molar-refractivity contribution in [1.82, 2.24) is 15.5 Å². The Kier molecular flexibility index (Phi) is 6.78. The van der Waals surface area contributed by atoms with Gasteiger partial charge in [0, 0.05) is 29.9 Å². The van der Waals surface area contributed by atoms with Crippen molar-refractivity contribution in [2.75, 3.05) is 6.54 Å². The van der Waals surface area contributed by atoms with Crippen LogP contribution in [0.1, 0.15) is 43.8 Å². The number of amides is 3. The summed E-state index contributed by atoms with van der Waals surface area (Å²) in [5.74, 6) is -7.05. The quantitative estimate of drug-likeness (QED) is 0.557. The van der Waals surface area contributed by atoms with E-state index in [0.29, 0.717) is 13.0 Å². The van der Waals surface area contributed by atoms with Crippen molar-refractivity contribution in [1.29, 1.82) is 5.26 Å². The first-order valence-corrected chi connectivity index (χ1v) is 11.6. The minimum atomic E-state index is -3.17. The Bertz CT molecular complexity index is 1030. The summed E-state index contributed by atoms with van der Waals surface area (Å²) in [7, 11) is 0. The lowest BCUT2D eigenvalue weighted by molar-refractivity contribution is -0.198. The molecule has 1 aromatic rings. The van der Waals surface area contributed by atoms with E-state index in [9.17, 15) is 33.5 Å². The van der Waals surface area contributed by atoms with Crippen molar-refractivity contribution < 1.29 is 28.3 Å². The van der Waals surface area contributed by atoms with Gasteiger partial charge < -0.3 is 20.6 Å². The molecule has 11 heteroatoms. The maximum Gasteiger partial charge on any atom is 0.256 e. The maximum absolute atomic E-state index is 14.8. The van der Waals surface area contributed by atoms with Crippen molar-refractivity contribution in [2.24, 2.45) is 11.8 Å². The number of alkyl halides is 2. The average Bonchev–Trinajstić information content (AvgIpc) is 3.20. The van der Waals surface area contributed by atoms with Gasteiger partial charge in [0.05, 0.1) is 12.0 Å². The van der Waals surface area contributed by atoms with Crippen LogP contribution in [0.3, 0.4) is 0 Å². The Morgan fingerprint density at radius 1 is 1.35 bits per heavy atom. The zero-order chi connectivity index (χ0) is 24.6. The van der Waals surface area contributed by atoms with Crippen LogP contribution in [0.5, 0.6) is 0 Å². The van der Waals surface area contributed by atoms with Crippen LogP contribution in [0.25, 0.3) is 0 Å². The number of nitrogens with one attached hydrogen (secondary N) is 2. The second-order valence-electron chi connectivity index (χ2n) is 9.15. The number of nitrogens with zero attached hydrogens (tertiary/aromatic N) is 2. The van der Waals surface area contributed by atoms with E-state index in [4.69, 9.17) is 11.6 Å². The van der Waals surface area contributed by atoms with E-state index in [0.717, 1.165) is 4.90 Å². The molecular formula is C23H25ClF2N4O4. The number of rotatable bonds is 6. The highest BCUT2D eigenvalue weighted by Gasteiger charge is 2.61. The molecule has 3 N–H and O–H groups in total. The molecule has 1 aliphatic carbocycles. The van der Waals surface area contributed by atoms with Crippen molar-refractivity contribution >= 4 is 29.3 Å². The van der Waals surface area contributed by atoms with Gasteiger partial charge in [-0.2, -0.15) is 5.26 Å². The van der Waals surface area contributed by atoms with Gasteiger partial charge in [-0.25, -0.2) is 8.78 Å². The topological polar surface area (TPSA) is 123 Å². The molecule has 6 atom stereocenters. The fraction of sp³-hybridized carbons (Fsp3) is 0.565. The number of piperidine rings is 2. The molecule has 34 heavy (non-hydrogen) atoms. The van der Waals surface area contributed by atoms with Gasteiger partial charge in [-0.1, -0.05) is 23.7 Å². The Morgan fingerprint density at radius 3 is 2.74 bits per heavy atom. The molecule has 8 nitrogen and oxygen atoms in total. The van der Waals surface area contributed by atoms with E-state index < -0.39 is 60.2 Å². The van der Waals surface area contributed by atoms with Gasteiger partial charge in [0.15, 0.2) is 6.10 Å². The van der Waals surface area contributed by atoms with Gasteiger partial charge in [-0.3, -0.25) is 14.4 Å². The Labute approximate surface area is 200 Å². The second kappa shape index (κ2) is 9.47. The molecule has 3 heterocycles. The lowest BCUT2D eigenvalue weighted by Gasteiger charge is -2.54. The molecule has 2 bridgehead atoms. The first-order valence-electron chi connectivity index (χ1n) is 11.2. The number of hydrogen-bond donors (Lipinski definition) is 3. The second-order valence-corrected chi connectivity index (χ2v) is 9.59. The smallest absolute Gasteiger partial charge is 0.256 e. The summed E-state index contributed by atoms with van der Waals surface area (Å²) in [6.45, 7) is 0.470. The molecule has 3 aliphatic heterocycles. The Hall–Kier alpha value is -2.77. The SMILES string of the molecule is N#C[C@H](C[C@H]1CCNC1=O)NC(=O)[C@H]1[C@@H]2CC[C@@H](CC2(F)F)N1C(=O)[C@@H](O)c1cccc(Cl)c1. The number of hydrogen-bond acceptors (Lipinski definition) is 5. The summed E-state index contributed by atoms with van der Waals surface area (Å²) in [6, 6.07) is 4.35. The standard InChI is InChI=1S/C23H25ClF2N4O4/c24-14-3-1-2-12(8-14)19(31)22(34)30-16-4-5-17(23(25,26)10-16)18(30)21(33)29-15(11-27)9-13-6-7-28-20(13)32/h1-3,8,13,15-19,31H,4-7,9-10H2,(H,28,32)(H,29,33)/t13-,15+,16+,17+,18-,19+/m1/s1. The van der Waals surface area contributed by atoms with Crippen LogP contribution in [0.2, 0.25) is 5.02 Å². The fourth-order valence-electron chi connectivity index (χ4n) is 5.34. The van der Waals surface area contributed by atoms with Crippen molar-refractivity contribution in [2.45, 2.75) is 62.3 Å². The van der Waals surface area contributed by atoms with Crippen molar-refractivity contribution in [3.8, 4) is 6.07 Å². The molecule has 3 saturated heterocycles. The van der Waals surface area contributed by atoms with E-state index in [1.807, 2.05) is 6.07 Å². The van der Waals surface area contributed by atoms with E-state index in [1.165, 1.54) is 12.1 Å². The van der Waals surface area contributed by atoms with Crippen LogP contribution in [0.15, 0.2) is 24.3 Å². The third kappa shape index (κ3) is 4.59. The lowest BCUT2D eigenvalue weighted by atomic mass is 9.71. The molecule has 0 radical (unpaired) electrons. The van der Waals surface area contributed by atoms with E-state index in [2.05, 4.69) is 10.6 Å². The molecule has 182 valence electrons. The van der Waals surface area contributed by atoms with E-state index in [-0.39, 0.29) is 35.8 Å². The molecule has 1 aromatic carbocycles. The van der Waals surface area contributed by atoms with Gasteiger partial charge in [-0.15, -0.1) is 0 Å². The summed E-state index contributed by atoms with van der Waals surface area (Å²) in [6.07, 6.45) is -1.41. The van der Waals surface area contributed by atoms with Gasteiger partial charge in [0.2, 0.25) is 11.8 Å². The summed E-state index contributed by atoms with van der Waals surface area (Å²) >= 11 is 5.95. The van der Waals surface area contributed by atoms with Gasteiger partial charge in [0.25, 0.3) is 11.8 Å². The fourth-order valence-corrected chi connectivity index (χ4v) is 5.54. The zero-order valence-electron chi connectivity index (χ0n) is 18.2. The molecule has 1 saturated carbocycles. The van der Waals surface area contributed by atoms with Gasteiger partial charge in [0.1, 0.15) is 12.1 Å². The zero-order valence-corrected chi connectivity index (χ0v) is 19.0. The first-order chi connectivity index (χ1) is 16.1. The first kappa shape index (κ1) is 24.4. The lowest BCUT2D eigenvalue weighted by Crippen LogP contribution is -2.69. The van der Waals surface area contributed by atoms with E-state index >= 15 is 0 Å². The number of nitriles is 1. The molecule has 0 spiro atoms. The molecule has 4 aliphatic rings. The maximum atomic E-state index is 14.8. The highest BCUT2D eigenvalue weighted by Crippen LogP contribution is 2.49. The number of carbonyl (C=O) groups is 3. The largest absolute Gasteiger partial charge is 0.378 e. The minimum absolute atomic E-state index is 0.0368. The van der Waals surface area contributed by atoms with Crippen LogP contribution >= 0.6 is 11.6 Å². The minimum Gasteiger partial charge on any atom is -0.378 e. The summed E-state index contributed by atoms with van der Waals surface area (Å²) in [5.41, 5.74) is 0.187. The van der Waals surface area contributed by atoms with Crippen molar-refractivity contribution in [3.05, 3.63) is 34.9 Å². The molecule has 3 amide bonds. The Balaban J connectivity index is 1.58. The van der Waals surface area contributed by atoms with Crippen LogP contribution in [-0.4, -0.2) is 58.3 Å². The number of aliphatic hydroxyl groups is 1. The molecule has 0 aromatic heterocycles. The predicted molar refractivity (Wildman–Crippen MR) is 116 cm³/mol. The summed E-state index contributed by atoms with van der Waals surface area (Å²) in [5, 5.41) is 25.6. The number of carbonyl (C=O) groups excluding carboxylic acids is 3. The number of fused-ring (bicyclic) bond motifs is 3. The van der Waals surface area contributed by atoms with Crippen LogP contribution < -0.4 is 10.6 Å². The molecule has 0 unspecified atom stereocenters. The number of aliphatic hydroxyl groups excluding tert-OH is 1. The monoisotopic (exact) mass is 494 g/mol. The van der Waals surface area contributed by atoms with E-state index in [1.54, 1.807) is 12.1 Å². The summed E-state index contributed by atoms with van der Waals surface area (Å²) < 4.78 is 29.6. The third-order valence-electron chi connectivity index (χ3n) is 7.01. The Morgan fingerprint density at radius 2 is 2.12 bits per heavy atom. The molecule has 4 fully saturated rings. The third-order valence-corrected chi connectivity index (χ3v) is 7.25.